The van der Waals surface area contributed by atoms with Gasteiger partial charge in [-0.2, -0.15) is 21.6 Å². The van der Waals surface area contributed by atoms with Gasteiger partial charge in [-0.25, -0.2) is 0 Å². The number of hydrogen-bond donors (Lipinski definition) is 0. The van der Waals surface area contributed by atoms with Gasteiger partial charge in [-0.1, -0.05) is 11.6 Å². The summed E-state index contributed by atoms with van der Waals surface area (Å²) >= 11 is 6.05. The van der Waals surface area contributed by atoms with Gasteiger partial charge in [0.1, 0.15) is 11.5 Å². The Hall–Kier alpha value is -1.94. The van der Waals surface area contributed by atoms with Crippen molar-refractivity contribution in [2.45, 2.75) is 32.7 Å². The number of carbonyl (C=O) groups excluding carboxylic acids is 1. The van der Waals surface area contributed by atoms with Crippen LogP contribution in [0, 0.1) is 5.41 Å². The molecule has 0 unspecified atom stereocenters. The van der Waals surface area contributed by atoms with Crippen LogP contribution in [0.1, 0.15) is 32.8 Å². The maximum Gasteiger partial charge on any atom is 0.534 e. The lowest BCUT2D eigenvalue weighted by molar-refractivity contribution is -0.143. The zero-order valence-corrected chi connectivity index (χ0v) is 16.1. The average Bonchev–Trinajstić information content (AvgIpc) is 2.68. The second-order valence-corrected chi connectivity index (χ2v) is 8.55. The molecule has 1 aliphatic rings. The van der Waals surface area contributed by atoms with Gasteiger partial charge in [0, 0.05) is 12.5 Å². The number of benzene rings is 1. The number of fused-ring (bicyclic) bond motifs is 1. The van der Waals surface area contributed by atoms with Gasteiger partial charge in [0.05, 0.1) is 22.6 Å². The number of ether oxygens (including phenoxy) is 2. The molecule has 0 N–H and O–H groups in total. The highest BCUT2D eigenvalue weighted by Gasteiger charge is 2.49. The van der Waals surface area contributed by atoms with E-state index in [1.807, 2.05) is 0 Å². The van der Waals surface area contributed by atoms with E-state index < -0.39 is 32.8 Å². The van der Waals surface area contributed by atoms with Crippen molar-refractivity contribution in [2.24, 2.45) is 5.41 Å². The highest BCUT2D eigenvalue weighted by atomic mass is 35.5. The lowest BCUT2D eigenvalue weighted by atomic mass is 9.97. The minimum atomic E-state index is -5.87. The van der Waals surface area contributed by atoms with Gasteiger partial charge in [-0.3, -0.25) is 4.79 Å². The van der Waals surface area contributed by atoms with Crippen molar-refractivity contribution in [3.63, 3.8) is 0 Å². The molecule has 2 rings (SSSR count). The van der Waals surface area contributed by atoms with Crippen LogP contribution in [-0.2, 0) is 19.1 Å². The first-order valence-corrected chi connectivity index (χ1v) is 9.41. The molecular formula is C16H16ClF3O6S. The number of halogens is 4. The predicted octanol–water partition coefficient (Wildman–Crippen LogP) is 4.28. The molecule has 0 aliphatic carbocycles. The fraction of sp³-hybridized carbons (Fsp3) is 0.438. The molecule has 0 aromatic heterocycles. The maximum atomic E-state index is 12.6. The largest absolute Gasteiger partial charge is 0.534 e. The third-order valence-electron chi connectivity index (χ3n) is 3.30. The Balaban J connectivity index is 2.43. The summed E-state index contributed by atoms with van der Waals surface area (Å²) in [5.74, 6) is -1.27. The first-order valence-electron chi connectivity index (χ1n) is 7.62. The Morgan fingerprint density at radius 2 is 1.85 bits per heavy atom. The van der Waals surface area contributed by atoms with E-state index in [9.17, 15) is 26.4 Å². The van der Waals surface area contributed by atoms with E-state index in [0.717, 1.165) is 12.1 Å². The molecule has 0 bridgehead atoms. The summed E-state index contributed by atoms with van der Waals surface area (Å²) in [6, 6.07) is 2.31. The van der Waals surface area contributed by atoms with Gasteiger partial charge in [-0.05, 0) is 32.9 Å². The van der Waals surface area contributed by atoms with Crippen LogP contribution >= 0.6 is 11.6 Å². The SMILES string of the molecule is CC(C)(C)C(=O)Oc1cc2c(cc1Cl)C(OS(=O)(=O)C(F)(F)F)=CCCO2. The van der Waals surface area contributed by atoms with Crippen molar-refractivity contribution in [1.29, 1.82) is 0 Å². The van der Waals surface area contributed by atoms with Crippen molar-refractivity contribution in [1.82, 2.24) is 0 Å². The number of alkyl halides is 3. The van der Waals surface area contributed by atoms with Gasteiger partial charge in [0.15, 0.2) is 5.75 Å². The summed E-state index contributed by atoms with van der Waals surface area (Å²) in [6.45, 7) is 4.92. The average molecular weight is 429 g/mol. The smallest absolute Gasteiger partial charge is 0.492 e. The molecule has 6 nitrogen and oxygen atoms in total. The van der Waals surface area contributed by atoms with Crippen LogP contribution in [0.4, 0.5) is 13.2 Å². The number of carbonyl (C=O) groups is 1. The van der Waals surface area contributed by atoms with E-state index in [0.29, 0.717) is 0 Å². The molecule has 27 heavy (non-hydrogen) atoms. The van der Waals surface area contributed by atoms with Gasteiger partial charge in [0.25, 0.3) is 0 Å². The minimum Gasteiger partial charge on any atom is -0.492 e. The zero-order valence-electron chi connectivity index (χ0n) is 14.5. The molecule has 0 spiro atoms. The van der Waals surface area contributed by atoms with Crippen LogP contribution in [0.3, 0.4) is 0 Å². The summed E-state index contributed by atoms with van der Waals surface area (Å²) in [4.78, 5) is 12.0. The molecule has 11 heteroatoms. The molecule has 0 fully saturated rings. The van der Waals surface area contributed by atoms with E-state index in [4.69, 9.17) is 21.1 Å². The molecule has 0 atom stereocenters. The summed E-state index contributed by atoms with van der Waals surface area (Å²) in [6.07, 6.45) is 1.23. The summed E-state index contributed by atoms with van der Waals surface area (Å²) < 4.78 is 75.3. The van der Waals surface area contributed by atoms with Crippen molar-refractivity contribution in [2.75, 3.05) is 6.61 Å². The van der Waals surface area contributed by atoms with E-state index >= 15 is 0 Å². The lowest BCUT2D eigenvalue weighted by Crippen LogP contribution is -2.26. The van der Waals surface area contributed by atoms with Crippen LogP contribution < -0.4 is 9.47 Å². The van der Waals surface area contributed by atoms with Crippen LogP contribution in [0.5, 0.6) is 11.5 Å². The standard InChI is InChI=1S/C16H16ClF3O6S/c1-15(2,3)14(21)25-13-8-12-9(7-10(13)17)11(5-4-6-24-12)26-27(22,23)16(18,19)20/h5,7-8H,4,6H2,1-3H3. The molecule has 150 valence electrons. The Morgan fingerprint density at radius 3 is 2.41 bits per heavy atom. The topological polar surface area (TPSA) is 78.9 Å². The van der Waals surface area contributed by atoms with Crippen molar-refractivity contribution in [3.8, 4) is 11.5 Å². The van der Waals surface area contributed by atoms with E-state index in [-0.39, 0.29) is 35.1 Å². The molecule has 0 saturated carbocycles. The third-order valence-corrected chi connectivity index (χ3v) is 4.56. The Morgan fingerprint density at radius 1 is 1.22 bits per heavy atom. The molecule has 1 aromatic carbocycles. The lowest BCUT2D eigenvalue weighted by Gasteiger charge is -2.19. The fourth-order valence-electron chi connectivity index (χ4n) is 1.89. The molecule has 1 heterocycles. The van der Waals surface area contributed by atoms with E-state index in [2.05, 4.69) is 4.18 Å². The molecule has 1 aliphatic heterocycles. The van der Waals surface area contributed by atoms with Gasteiger partial charge in [0.2, 0.25) is 0 Å². The van der Waals surface area contributed by atoms with Gasteiger partial charge < -0.3 is 13.7 Å². The maximum absolute atomic E-state index is 12.6. The first-order chi connectivity index (χ1) is 12.2. The normalized spacial score (nSPS) is 15.1. The molecule has 1 aromatic rings. The molecule has 0 saturated heterocycles. The Kier molecular flexibility index (Phi) is 5.72. The van der Waals surface area contributed by atoms with E-state index in [1.165, 1.54) is 6.07 Å². The highest BCUT2D eigenvalue weighted by molar-refractivity contribution is 7.87. The quantitative estimate of drug-likeness (QED) is 0.309. The predicted molar refractivity (Wildman–Crippen MR) is 90.7 cm³/mol. The fourth-order valence-corrected chi connectivity index (χ4v) is 2.58. The number of esters is 1. The van der Waals surface area contributed by atoms with E-state index in [1.54, 1.807) is 20.8 Å². The van der Waals surface area contributed by atoms with Gasteiger partial charge >= 0.3 is 21.6 Å². The van der Waals surface area contributed by atoms with Crippen molar-refractivity contribution in [3.05, 3.63) is 28.8 Å². The molecule has 0 amide bonds. The second kappa shape index (κ2) is 7.23. The van der Waals surface area contributed by atoms with Crippen LogP contribution in [-0.4, -0.2) is 26.5 Å². The molecular weight excluding hydrogens is 413 g/mol. The van der Waals surface area contributed by atoms with Gasteiger partial charge in [-0.15, -0.1) is 0 Å². The minimum absolute atomic E-state index is 0.0303. The van der Waals surface area contributed by atoms with Crippen molar-refractivity contribution < 1.29 is 40.0 Å². The summed E-state index contributed by atoms with van der Waals surface area (Å²) in [7, 11) is -5.87. The monoisotopic (exact) mass is 428 g/mol. The number of hydrogen-bond acceptors (Lipinski definition) is 6. The van der Waals surface area contributed by atoms with Crippen LogP contribution in [0.15, 0.2) is 18.2 Å². The molecule has 0 radical (unpaired) electrons. The zero-order chi connectivity index (χ0) is 20.6. The van der Waals surface area contributed by atoms with Crippen molar-refractivity contribution >= 4 is 33.4 Å². The highest BCUT2D eigenvalue weighted by Crippen LogP contribution is 2.40. The summed E-state index contributed by atoms with van der Waals surface area (Å²) in [5, 5.41) is -0.129. The Bertz CT molecular complexity index is 885. The third kappa shape index (κ3) is 4.86. The number of rotatable bonds is 3. The Labute approximate surface area is 159 Å². The first kappa shape index (κ1) is 21.4. The second-order valence-electron chi connectivity index (χ2n) is 6.61. The summed E-state index contributed by atoms with van der Waals surface area (Å²) in [5.41, 5.74) is -6.53. The van der Waals surface area contributed by atoms with Crippen LogP contribution in [0.25, 0.3) is 5.76 Å². The van der Waals surface area contributed by atoms with Crippen LogP contribution in [0.2, 0.25) is 5.02 Å².